The van der Waals surface area contributed by atoms with Gasteiger partial charge in [0.05, 0.1) is 4.90 Å². The molecule has 4 rings (SSSR count). The standard InChI is InChI=1S/C31H33NO6S/c1-6-20(3)28(32-39(35,36)24-14-12-19(2)13-15-24)31(34)37-27-17-16-25-21(4)26(18-23-10-8-7-9-11-23)30(33)38-29(25)22(27)5/h7-17,20,28,32H,6,18H2,1-5H3/t20-,28-/m1/s1. The Balaban J connectivity index is 1.64. The quantitative estimate of drug-likeness (QED) is 0.166. The zero-order valence-corrected chi connectivity index (χ0v) is 23.6. The Hall–Kier alpha value is -3.75. The molecular formula is C31H33NO6S. The minimum absolute atomic E-state index is 0.0691. The van der Waals surface area contributed by atoms with Crippen molar-refractivity contribution in [1.29, 1.82) is 0 Å². The Morgan fingerprint density at radius 1 is 0.949 bits per heavy atom. The van der Waals surface area contributed by atoms with Gasteiger partial charge in [-0.05, 0) is 62.1 Å². The summed E-state index contributed by atoms with van der Waals surface area (Å²) in [6, 6.07) is 18.4. The minimum atomic E-state index is -3.97. The van der Waals surface area contributed by atoms with Crippen LogP contribution in [0.15, 0.2) is 80.8 Å². The van der Waals surface area contributed by atoms with Gasteiger partial charge in [0.2, 0.25) is 10.0 Å². The summed E-state index contributed by atoms with van der Waals surface area (Å²) in [6.07, 6.45) is 0.990. The first-order valence-electron chi connectivity index (χ1n) is 12.9. The summed E-state index contributed by atoms with van der Waals surface area (Å²) in [7, 11) is -3.97. The van der Waals surface area contributed by atoms with Crippen LogP contribution in [0.2, 0.25) is 0 Å². The lowest BCUT2D eigenvalue weighted by atomic mass is 9.98. The Morgan fingerprint density at radius 2 is 1.62 bits per heavy atom. The highest BCUT2D eigenvalue weighted by Crippen LogP contribution is 2.30. The SMILES string of the molecule is CC[C@@H](C)[C@@H](NS(=O)(=O)c1ccc(C)cc1)C(=O)Oc1ccc2c(C)c(Cc3ccccc3)c(=O)oc2c1C. The van der Waals surface area contributed by atoms with Crippen LogP contribution in [0, 0.1) is 26.7 Å². The van der Waals surface area contributed by atoms with Crippen molar-refractivity contribution >= 4 is 27.0 Å². The van der Waals surface area contributed by atoms with E-state index in [1.54, 1.807) is 38.1 Å². The van der Waals surface area contributed by atoms with Crippen molar-refractivity contribution in [2.24, 2.45) is 5.92 Å². The number of carbonyl (C=O) groups excluding carboxylic acids is 1. The molecule has 0 aliphatic carbocycles. The van der Waals surface area contributed by atoms with Crippen molar-refractivity contribution in [2.75, 3.05) is 0 Å². The van der Waals surface area contributed by atoms with E-state index in [1.165, 1.54) is 12.1 Å². The molecule has 0 bridgehead atoms. The average molecular weight is 548 g/mol. The van der Waals surface area contributed by atoms with Crippen LogP contribution < -0.4 is 15.1 Å². The van der Waals surface area contributed by atoms with E-state index in [4.69, 9.17) is 9.15 Å². The lowest BCUT2D eigenvalue weighted by molar-refractivity contribution is -0.137. The van der Waals surface area contributed by atoms with Crippen molar-refractivity contribution < 1.29 is 22.4 Å². The Morgan fingerprint density at radius 3 is 2.26 bits per heavy atom. The fourth-order valence-electron chi connectivity index (χ4n) is 4.44. The maximum atomic E-state index is 13.3. The number of hydrogen-bond acceptors (Lipinski definition) is 6. The molecular weight excluding hydrogens is 514 g/mol. The average Bonchev–Trinajstić information content (AvgIpc) is 2.92. The molecule has 3 aromatic carbocycles. The molecule has 0 saturated heterocycles. The van der Waals surface area contributed by atoms with Gasteiger partial charge in [-0.1, -0.05) is 68.3 Å². The summed E-state index contributed by atoms with van der Waals surface area (Å²) in [5, 5.41) is 0.747. The summed E-state index contributed by atoms with van der Waals surface area (Å²) in [6.45, 7) is 9.10. The summed E-state index contributed by atoms with van der Waals surface area (Å²) >= 11 is 0. The van der Waals surface area contributed by atoms with E-state index >= 15 is 0 Å². The number of benzene rings is 3. The van der Waals surface area contributed by atoms with Crippen LogP contribution >= 0.6 is 0 Å². The van der Waals surface area contributed by atoms with Gasteiger partial charge in [-0.2, -0.15) is 4.72 Å². The van der Waals surface area contributed by atoms with Gasteiger partial charge in [0.15, 0.2) is 0 Å². The van der Waals surface area contributed by atoms with Crippen LogP contribution in [0.3, 0.4) is 0 Å². The molecule has 0 spiro atoms. The van der Waals surface area contributed by atoms with E-state index < -0.39 is 27.7 Å². The van der Waals surface area contributed by atoms with E-state index in [2.05, 4.69) is 4.72 Å². The molecule has 204 valence electrons. The molecule has 1 aromatic heterocycles. The maximum absolute atomic E-state index is 13.3. The molecule has 2 atom stereocenters. The molecule has 0 unspecified atom stereocenters. The second-order valence-corrected chi connectivity index (χ2v) is 11.7. The largest absolute Gasteiger partial charge is 0.425 e. The molecule has 39 heavy (non-hydrogen) atoms. The van der Waals surface area contributed by atoms with Crippen molar-refractivity contribution in [1.82, 2.24) is 4.72 Å². The van der Waals surface area contributed by atoms with Crippen LogP contribution in [-0.4, -0.2) is 20.4 Å². The van der Waals surface area contributed by atoms with Gasteiger partial charge in [-0.3, -0.25) is 0 Å². The second kappa shape index (κ2) is 11.6. The number of rotatable bonds is 9. The fourth-order valence-corrected chi connectivity index (χ4v) is 5.74. The molecule has 0 amide bonds. The molecule has 0 aliphatic heterocycles. The minimum Gasteiger partial charge on any atom is -0.425 e. The highest BCUT2D eigenvalue weighted by Gasteiger charge is 2.32. The Kier molecular flexibility index (Phi) is 8.37. The topological polar surface area (TPSA) is 103 Å². The number of fused-ring (bicyclic) bond motifs is 1. The third-order valence-corrected chi connectivity index (χ3v) is 8.63. The monoisotopic (exact) mass is 547 g/mol. The second-order valence-electron chi connectivity index (χ2n) is 9.94. The Bertz CT molecular complexity index is 1660. The van der Waals surface area contributed by atoms with Crippen molar-refractivity contribution in [3.05, 3.63) is 105 Å². The first-order valence-corrected chi connectivity index (χ1v) is 14.4. The third kappa shape index (κ3) is 6.13. The van der Waals surface area contributed by atoms with Crippen LogP contribution in [0.1, 0.15) is 48.1 Å². The highest BCUT2D eigenvalue weighted by molar-refractivity contribution is 7.89. The number of esters is 1. The molecule has 4 aromatic rings. The summed E-state index contributed by atoms with van der Waals surface area (Å²) in [5.74, 6) is -0.866. The number of carbonyl (C=O) groups is 1. The molecule has 0 saturated carbocycles. The van der Waals surface area contributed by atoms with Crippen molar-refractivity contribution in [3.8, 4) is 5.75 Å². The molecule has 1 N–H and O–H groups in total. The molecule has 0 fully saturated rings. The lowest BCUT2D eigenvalue weighted by Gasteiger charge is -2.23. The summed E-state index contributed by atoms with van der Waals surface area (Å²) in [4.78, 5) is 26.3. The van der Waals surface area contributed by atoms with Gasteiger partial charge in [0, 0.05) is 22.9 Å². The molecule has 0 radical (unpaired) electrons. The molecule has 7 nitrogen and oxygen atoms in total. The lowest BCUT2D eigenvalue weighted by Crippen LogP contribution is -2.47. The number of sulfonamides is 1. The van der Waals surface area contributed by atoms with Gasteiger partial charge in [-0.25, -0.2) is 18.0 Å². The van der Waals surface area contributed by atoms with E-state index in [0.29, 0.717) is 29.6 Å². The molecule has 8 heteroatoms. The predicted molar refractivity (Wildman–Crippen MR) is 152 cm³/mol. The number of nitrogens with one attached hydrogen (secondary N) is 1. The van der Waals surface area contributed by atoms with Crippen molar-refractivity contribution in [2.45, 2.75) is 58.4 Å². The zero-order chi connectivity index (χ0) is 28.3. The molecule has 0 aliphatic rings. The van der Waals surface area contributed by atoms with Gasteiger partial charge < -0.3 is 9.15 Å². The van der Waals surface area contributed by atoms with Crippen molar-refractivity contribution in [3.63, 3.8) is 0 Å². The van der Waals surface area contributed by atoms with E-state index in [0.717, 1.165) is 22.1 Å². The number of ether oxygens (including phenoxy) is 1. The first kappa shape index (κ1) is 28.3. The van der Waals surface area contributed by atoms with Gasteiger partial charge in [0.1, 0.15) is 17.4 Å². The fraction of sp³-hybridized carbons (Fsp3) is 0.290. The van der Waals surface area contributed by atoms with Crippen LogP contribution in [0.25, 0.3) is 11.0 Å². The highest BCUT2D eigenvalue weighted by atomic mass is 32.2. The van der Waals surface area contributed by atoms with Gasteiger partial charge in [-0.15, -0.1) is 0 Å². The first-order chi connectivity index (χ1) is 18.5. The third-order valence-electron chi connectivity index (χ3n) is 7.17. The number of hydrogen-bond donors (Lipinski definition) is 1. The summed E-state index contributed by atoms with van der Waals surface area (Å²) < 4.78 is 40.0. The van der Waals surface area contributed by atoms with Crippen LogP contribution in [0.4, 0.5) is 0 Å². The van der Waals surface area contributed by atoms with Crippen LogP contribution in [-0.2, 0) is 21.2 Å². The van der Waals surface area contributed by atoms with Gasteiger partial charge in [0.25, 0.3) is 0 Å². The van der Waals surface area contributed by atoms with E-state index in [9.17, 15) is 18.0 Å². The number of aryl methyl sites for hydroxylation is 3. The predicted octanol–water partition coefficient (Wildman–Crippen LogP) is 5.61. The Labute approximate surface area is 228 Å². The van der Waals surface area contributed by atoms with E-state index in [1.807, 2.05) is 51.1 Å². The zero-order valence-electron chi connectivity index (χ0n) is 22.8. The van der Waals surface area contributed by atoms with Gasteiger partial charge >= 0.3 is 11.6 Å². The van der Waals surface area contributed by atoms with E-state index in [-0.39, 0.29) is 16.6 Å². The summed E-state index contributed by atoms with van der Waals surface area (Å²) in [5.41, 5.74) is 3.66. The van der Waals surface area contributed by atoms with Crippen LogP contribution in [0.5, 0.6) is 5.75 Å². The maximum Gasteiger partial charge on any atom is 0.340 e. The normalized spacial score (nSPS) is 13.3. The molecule has 1 heterocycles. The smallest absolute Gasteiger partial charge is 0.340 e.